The summed E-state index contributed by atoms with van der Waals surface area (Å²) in [6.07, 6.45) is 4.11. The summed E-state index contributed by atoms with van der Waals surface area (Å²) in [6.45, 7) is 9.92. The van der Waals surface area contributed by atoms with Crippen LogP contribution < -0.4 is 14.8 Å². The highest BCUT2D eigenvalue weighted by molar-refractivity contribution is 5.71. The van der Waals surface area contributed by atoms with Gasteiger partial charge in [0.25, 0.3) is 0 Å². The van der Waals surface area contributed by atoms with Crippen molar-refractivity contribution in [3.8, 4) is 0 Å². The van der Waals surface area contributed by atoms with E-state index in [0.29, 0.717) is 0 Å². The van der Waals surface area contributed by atoms with Gasteiger partial charge in [0.15, 0.2) is 0 Å². The summed E-state index contributed by atoms with van der Waals surface area (Å²) >= 11 is 0. The number of unbranched alkanes of at least 4 members (excludes halogenated alkanes) is 2. The molecule has 0 radical (unpaired) electrons. The van der Waals surface area contributed by atoms with Crippen molar-refractivity contribution in [3.05, 3.63) is 18.7 Å². The molecule has 0 spiro atoms. The Balaban J connectivity index is 0. The van der Waals surface area contributed by atoms with Crippen LogP contribution in [0.2, 0.25) is 0 Å². The van der Waals surface area contributed by atoms with E-state index in [-0.39, 0.29) is 0 Å². The van der Waals surface area contributed by atoms with Crippen LogP contribution in [0.5, 0.6) is 0 Å². The first-order valence-electron chi connectivity index (χ1n) is 10.9. The first kappa shape index (κ1) is 33.9. The number of carbonyl (C=O) groups is 2. The monoisotopic (exact) mass is 507 g/mol. The normalized spacial score (nSPS) is 14.5. The van der Waals surface area contributed by atoms with Gasteiger partial charge in [-0.05, 0) is 12.8 Å². The van der Waals surface area contributed by atoms with Crippen LogP contribution in [0.4, 0.5) is 26.3 Å². The maximum atomic E-state index is 10.5. The van der Waals surface area contributed by atoms with E-state index < -0.39 is 24.3 Å². The zero-order valence-electron chi connectivity index (χ0n) is 20.0. The highest BCUT2D eigenvalue weighted by atomic mass is 19.4. The first-order chi connectivity index (χ1) is 15.5. The third-order valence-corrected chi connectivity index (χ3v) is 4.75. The molecule has 1 aromatic heterocycles. The zero-order chi connectivity index (χ0) is 27.0. The summed E-state index contributed by atoms with van der Waals surface area (Å²) in [6, 6.07) is 0. The second-order valence-electron chi connectivity index (χ2n) is 8.09. The fourth-order valence-electron chi connectivity index (χ4n) is 2.84. The van der Waals surface area contributed by atoms with Crippen molar-refractivity contribution in [3.63, 3.8) is 0 Å². The Hall–Kier alpha value is -2.31. The molecule has 1 fully saturated rings. The van der Waals surface area contributed by atoms with Crippen LogP contribution in [0.15, 0.2) is 18.7 Å². The quantitative estimate of drug-likeness (QED) is 0.333. The molecular formula is C21H35F6N3O4. The maximum Gasteiger partial charge on any atom is 0.430 e. The van der Waals surface area contributed by atoms with Gasteiger partial charge in [0, 0.05) is 12.8 Å². The fraction of sp³-hybridized carbons (Fsp3) is 0.762. The van der Waals surface area contributed by atoms with Crippen LogP contribution in [-0.4, -0.2) is 60.0 Å². The molecule has 34 heavy (non-hydrogen) atoms. The number of imidazole rings is 1. The van der Waals surface area contributed by atoms with Gasteiger partial charge in [-0.1, -0.05) is 26.7 Å². The zero-order valence-corrected chi connectivity index (χ0v) is 20.0. The van der Waals surface area contributed by atoms with E-state index in [1.165, 1.54) is 62.6 Å². The number of aromatic nitrogens is 2. The standard InChI is InChI=1S/C9H20N.C8H15N2.2C2HF3O2/c1-3-4-7-10(2)8-5-6-9-10;1-3-4-5-10-7-6-9(2)8-10;2*3-2(4,5)1(6)7/h3-9H2,1-2H3;6-8H,3-5H2,1-2H3;2*(H,6,7)/q2*+1;;/p-2. The molecule has 0 aliphatic carbocycles. The van der Waals surface area contributed by atoms with Gasteiger partial charge < -0.3 is 24.3 Å². The lowest BCUT2D eigenvalue weighted by molar-refractivity contribution is -0.897. The van der Waals surface area contributed by atoms with Crippen molar-refractivity contribution in [1.29, 1.82) is 0 Å². The Morgan fingerprint density at radius 1 is 0.941 bits per heavy atom. The molecule has 0 amide bonds. The van der Waals surface area contributed by atoms with E-state index in [1.807, 2.05) is 7.05 Å². The Bertz CT molecular complexity index is 675. The van der Waals surface area contributed by atoms with Crippen LogP contribution in [0.3, 0.4) is 0 Å². The number of nitrogens with zero attached hydrogens (tertiary/aromatic N) is 3. The number of rotatable bonds is 6. The van der Waals surface area contributed by atoms with E-state index >= 15 is 0 Å². The molecule has 13 heteroatoms. The molecule has 2 heterocycles. The molecule has 2 rings (SSSR count). The summed E-state index contributed by atoms with van der Waals surface area (Å²) in [7, 11) is 4.45. The minimum absolute atomic E-state index is 1.15. The average Bonchev–Trinajstić information content (AvgIpc) is 3.33. The lowest BCUT2D eigenvalue weighted by Gasteiger charge is -2.28. The number of aryl methyl sites for hydroxylation is 2. The Labute approximate surface area is 196 Å². The Kier molecular flexibility index (Phi) is 16.3. The number of hydrogen-bond donors (Lipinski definition) is 0. The van der Waals surface area contributed by atoms with Crippen LogP contribution in [0.25, 0.3) is 0 Å². The van der Waals surface area contributed by atoms with Gasteiger partial charge in [-0.15, -0.1) is 0 Å². The van der Waals surface area contributed by atoms with Crippen LogP contribution in [0.1, 0.15) is 52.4 Å². The SMILES string of the molecule is CCCC[N+]1(C)CCCC1.CCCCn1cc[n+](C)c1.O=C([O-])C(F)(F)F.O=C([O-])C(F)(F)F. The second kappa shape index (κ2) is 16.3. The predicted molar refractivity (Wildman–Crippen MR) is 108 cm³/mol. The number of halogens is 6. The minimum Gasteiger partial charge on any atom is -0.542 e. The molecule has 1 saturated heterocycles. The fourth-order valence-corrected chi connectivity index (χ4v) is 2.84. The van der Waals surface area contributed by atoms with Gasteiger partial charge >= 0.3 is 12.4 Å². The van der Waals surface area contributed by atoms with Gasteiger partial charge in [0.05, 0.1) is 40.3 Å². The van der Waals surface area contributed by atoms with Crippen LogP contribution >= 0.6 is 0 Å². The lowest BCUT2D eigenvalue weighted by atomic mass is 10.3. The van der Waals surface area contributed by atoms with Crippen molar-refractivity contribution >= 4 is 11.9 Å². The smallest absolute Gasteiger partial charge is 0.430 e. The second-order valence-corrected chi connectivity index (χ2v) is 8.09. The molecule has 0 bridgehead atoms. The Morgan fingerprint density at radius 2 is 1.35 bits per heavy atom. The van der Waals surface area contributed by atoms with Gasteiger partial charge in [-0.2, -0.15) is 26.3 Å². The number of carbonyl (C=O) groups excluding carboxylic acids is 2. The summed E-state index contributed by atoms with van der Waals surface area (Å²) in [5.74, 6) is -6.01. The van der Waals surface area contributed by atoms with E-state index in [9.17, 15) is 26.3 Å². The predicted octanol–water partition coefficient (Wildman–Crippen LogP) is 1.74. The number of alkyl halides is 6. The number of quaternary nitrogens is 1. The number of hydrogen-bond acceptors (Lipinski definition) is 4. The minimum atomic E-state index is -5.19. The first-order valence-corrected chi connectivity index (χ1v) is 10.9. The third kappa shape index (κ3) is 18.2. The number of likely N-dealkylation sites (tertiary alicyclic amines) is 1. The molecule has 200 valence electrons. The molecule has 1 aliphatic heterocycles. The van der Waals surface area contributed by atoms with Gasteiger partial charge in [0.1, 0.15) is 24.3 Å². The number of aliphatic carboxylic acids is 2. The van der Waals surface area contributed by atoms with Crippen LogP contribution in [0, 0.1) is 0 Å². The molecule has 0 aromatic carbocycles. The summed E-state index contributed by atoms with van der Waals surface area (Å²) in [5.41, 5.74) is 0. The highest BCUT2D eigenvalue weighted by Crippen LogP contribution is 2.16. The molecular weight excluding hydrogens is 472 g/mol. The van der Waals surface area contributed by atoms with Gasteiger partial charge in [0.2, 0.25) is 6.33 Å². The third-order valence-electron chi connectivity index (χ3n) is 4.75. The average molecular weight is 508 g/mol. The highest BCUT2D eigenvalue weighted by Gasteiger charge is 2.29. The van der Waals surface area contributed by atoms with Crippen molar-refractivity contribution < 1.29 is 55.2 Å². The number of carboxylic acid groups (broad SMARTS) is 2. The van der Waals surface area contributed by atoms with Crippen molar-refractivity contribution in [1.82, 2.24) is 4.57 Å². The molecule has 0 N–H and O–H groups in total. The molecule has 1 aliphatic rings. The van der Waals surface area contributed by atoms with Crippen molar-refractivity contribution in [2.75, 3.05) is 26.7 Å². The summed E-state index contributed by atoms with van der Waals surface area (Å²) < 4.78 is 68.7. The van der Waals surface area contributed by atoms with Gasteiger partial charge in [-0.3, -0.25) is 0 Å². The van der Waals surface area contributed by atoms with E-state index in [4.69, 9.17) is 19.8 Å². The lowest BCUT2D eigenvalue weighted by Crippen LogP contribution is -2.41. The summed E-state index contributed by atoms with van der Waals surface area (Å²) in [5, 5.41) is 17.6. The molecule has 0 atom stereocenters. The molecule has 7 nitrogen and oxygen atoms in total. The largest absolute Gasteiger partial charge is 0.542 e. The maximum absolute atomic E-state index is 10.5. The Morgan fingerprint density at radius 3 is 1.65 bits per heavy atom. The van der Waals surface area contributed by atoms with Gasteiger partial charge in [-0.25, -0.2) is 9.13 Å². The van der Waals surface area contributed by atoms with E-state index in [1.54, 1.807) is 0 Å². The van der Waals surface area contributed by atoms with Crippen molar-refractivity contribution in [2.45, 2.75) is 71.3 Å². The van der Waals surface area contributed by atoms with E-state index in [2.05, 4.69) is 48.8 Å². The molecule has 0 saturated carbocycles. The molecule has 1 aromatic rings. The topological polar surface area (TPSA) is 89.1 Å². The number of carboxylic acids is 2. The van der Waals surface area contributed by atoms with Crippen LogP contribution in [-0.2, 0) is 23.2 Å². The molecule has 0 unspecified atom stereocenters. The van der Waals surface area contributed by atoms with Crippen molar-refractivity contribution in [2.24, 2.45) is 7.05 Å². The summed E-state index contributed by atoms with van der Waals surface area (Å²) in [4.78, 5) is 17.6. The van der Waals surface area contributed by atoms with E-state index in [0.717, 1.165) is 6.54 Å².